The number of hydrogen-bond donors (Lipinski definition) is 0. The molecule has 0 N–H and O–H groups in total. The van der Waals surface area contributed by atoms with Crippen LogP contribution in [0.2, 0.25) is 0 Å². The standard InChI is InChI=1S/C14H21ClO2/c1-12(8-9-17-11-10-16-2)14(15)13-6-4-3-5-7-13/h3-7,12,14H,8-11H2,1-2H3. The zero-order chi connectivity index (χ0) is 12.5. The molecule has 3 heteroatoms. The van der Waals surface area contributed by atoms with Crippen molar-refractivity contribution in [3.8, 4) is 0 Å². The van der Waals surface area contributed by atoms with Gasteiger partial charge in [-0.05, 0) is 17.9 Å². The average molecular weight is 257 g/mol. The monoisotopic (exact) mass is 256 g/mol. The third kappa shape index (κ3) is 5.53. The van der Waals surface area contributed by atoms with Crippen LogP contribution in [0.3, 0.4) is 0 Å². The summed E-state index contributed by atoms with van der Waals surface area (Å²) in [7, 11) is 1.68. The SMILES string of the molecule is COCCOCCC(C)C(Cl)c1ccccc1. The molecule has 0 aliphatic heterocycles. The van der Waals surface area contributed by atoms with E-state index in [4.69, 9.17) is 21.1 Å². The number of alkyl halides is 1. The van der Waals surface area contributed by atoms with Crippen LogP contribution in [0.5, 0.6) is 0 Å². The molecule has 0 saturated carbocycles. The molecule has 0 aliphatic carbocycles. The molecular formula is C14H21ClO2. The number of methoxy groups -OCH3 is 1. The fraction of sp³-hybridized carbons (Fsp3) is 0.571. The summed E-state index contributed by atoms with van der Waals surface area (Å²) in [4.78, 5) is 0. The Labute approximate surface area is 109 Å². The molecule has 0 amide bonds. The third-order valence-corrected chi connectivity index (χ3v) is 3.45. The summed E-state index contributed by atoms with van der Waals surface area (Å²) in [6, 6.07) is 10.2. The van der Waals surface area contributed by atoms with Crippen molar-refractivity contribution >= 4 is 11.6 Å². The Morgan fingerprint density at radius 3 is 2.47 bits per heavy atom. The van der Waals surface area contributed by atoms with Crippen molar-refractivity contribution in [3.63, 3.8) is 0 Å². The van der Waals surface area contributed by atoms with Gasteiger partial charge < -0.3 is 9.47 Å². The predicted octanol–water partition coefficient (Wildman–Crippen LogP) is 3.66. The van der Waals surface area contributed by atoms with Gasteiger partial charge in [-0.3, -0.25) is 0 Å². The Kier molecular flexibility index (Phi) is 7.25. The van der Waals surface area contributed by atoms with Crippen molar-refractivity contribution in [1.82, 2.24) is 0 Å². The second-order valence-corrected chi connectivity index (χ2v) is 4.65. The van der Waals surface area contributed by atoms with Crippen LogP contribution in [0.1, 0.15) is 24.3 Å². The van der Waals surface area contributed by atoms with Crippen molar-refractivity contribution in [2.24, 2.45) is 5.92 Å². The minimum Gasteiger partial charge on any atom is -0.382 e. The highest BCUT2D eigenvalue weighted by Crippen LogP contribution is 2.30. The lowest BCUT2D eigenvalue weighted by molar-refractivity contribution is 0.0643. The average Bonchev–Trinajstić information content (AvgIpc) is 2.38. The zero-order valence-corrected chi connectivity index (χ0v) is 11.3. The Bertz CT molecular complexity index is 290. The number of benzene rings is 1. The van der Waals surface area contributed by atoms with E-state index in [1.54, 1.807) is 7.11 Å². The van der Waals surface area contributed by atoms with E-state index in [0.29, 0.717) is 19.1 Å². The van der Waals surface area contributed by atoms with Crippen LogP contribution >= 0.6 is 11.6 Å². The fourth-order valence-electron chi connectivity index (χ4n) is 1.63. The zero-order valence-electron chi connectivity index (χ0n) is 10.6. The largest absolute Gasteiger partial charge is 0.382 e. The molecule has 0 spiro atoms. The number of rotatable bonds is 8. The highest BCUT2D eigenvalue weighted by Gasteiger charge is 2.15. The Balaban J connectivity index is 2.25. The van der Waals surface area contributed by atoms with Crippen molar-refractivity contribution in [2.45, 2.75) is 18.7 Å². The summed E-state index contributed by atoms with van der Waals surface area (Å²) >= 11 is 6.42. The first-order valence-electron chi connectivity index (χ1n) is 6.01. The van der Waals surface area contributed by atoms with Gasteiger partial charge in [0.05, 0.1) is 18.6 Å². The van der Waals surface area contributed by atoms with E-state index in [2.05, 4.69) is 19.1 Å². The Morgan fingerprint density at radius 1 is 1.12 bits per heavy atom. The van der Waals surface area contributed by atoms with Crippen molar-refractivity contribution in [2.75, 3.05) is 26.9 Å². The van der Waals surface area contributed by atoms with Gasteiger partial charge in [0, 0.05) is 13.7 Å². The molecule has 0 radical (unpaired) electrons. The molecule has 0 bridgehead atoms. The molecule has 1 rings (SSSR count). The van der Waals surface area contributed by atoms with Crippen LogP contribution in [-0.2, 0) is 9.47 Å². The summed E-state index contributed by atoms with van der Waals surface area (Å²) in [6.07, 6.45) is 0.965. The van der Waals surface area contributed by atoms with Crippen LogP contribution in [-0.4, -0.2) is 26.9 Å². The first-order chi connectivity index (χ1) is 8.25. The van der Waals surface area contributed by atoms with Crippen LogP contribution in [0.25, 0.3) is 0 Å². The molecule has 2 atom stereocenters. The fourth-order valence-corrected chi connectivity index (χ4v) is 1.90. The van der Waals surface area contributed by atoms with E-state index in [1.807, 2.05) is 18.2 Å². The van der Waals surface area contributed by atoms with Crippen molar-refractivity contribution in [1.29, 1.82) is 0 Å². The number of hydrogen-bond acceptors (Lipinski definition) is 2. The van der Waals surface area contributed by atoms with Gasteiger partial charge in [0.15, 0.2) is 0 Å². The van der Waals surface area contributed by atoms with Gasteiger partial charge in [-0.25, -0.2) is 0 Å². The summed E-state index contributed by atoms with van der Waals surface area (Å²) < 4.78 is 10.4. The van der Waals surface area contributed by atoms with E-state index >= 15 is 0 Å². The highest BCUT2D eigenvalue weighted by molar-refractivity contribution is 6.20. The lowest BCUT2D eigenvalue weighted by Gasteiger charge is -2.18. The van der Waals surface area contributed by atoms with Crippen LogP contribution in [0.15, 0.2) is 30.3 Å². The molecule has 1 aromatic rings. The maximum Gasteiger partial charge on any atom is 0.0700 e. The van der Waals surface area contributed by atoms with Gasteiger partial charge in [0.1, 0.15) is 0 Å². The van der Waals surface area contributed by atoms with Gasteiger partial charge in [0.25, 0.3) is 0 Å². The molecule has 96 valence electrons. The molecule has 2 nitrogen and oxygen atoms in total. The normalized spacial score (nSPS) is 14.5. The van der Waals surface area contributed by atoms with Crippen LogP contribution in [0, 0.1) is 5.92 Å². The van der Waals surface area contributed by atoms with E-state index in [1.165, 1.54) is 5.56 Å². The molecule has 2 unspecified atom stereocenters. The first kappa shape index (κ1) is 14.5. The molecule has 17 heavy (non-hydrogen) atoms. The summed E-state index contributed by atoms with van der Waals surface area (Å²) in [5.41, 5.74) is 1.18. The topological polar surface area (TPSA) is 18.5 Å². The summed E-state index contributed by atoms with van der Waals surface area (Å²) in [5, 5.41) is 0.0576. The van der Waals surface area contributed by atoms with Gasteiger partial charge in [-0.2, -0.15) is 0 Å². The summed E-state index contributed by atoms with van der Waals surface area (Å²) in [5.74, 6) is 0.404. The van der Waals surface area contributed by atoms with Crippen molar-refractivity contribution in [3.05, 3.63) is 35.9 Å². The van der Waals surface area contributed by atoms with Gasteiger partial charge in [-0.15, -0.1) is 11.6 Å². The molecule has 0 fully saturated rings. The van der Waals surface area contributed by atoms with E-state index in [9.17, 15) is 0 Å². The van der Waals surface area contributed by atoms with Gasteiger partial charge in [-0.1, -0.05) is 37.3 Å². The predicted molar refractivity (Wildman–Crippen MR) is 71.5 cm³/mol. The van der Waals surface area contributed by atoms with Crippen molar-refractivity contribution < 1.29 is 9.47 Å². The number of halogens is 1. The minimum atomic E-state index is 0.0576. The van der Waals surface area contributed by atoms with E-state index in [0.717, 1.165) is 13.0 Å². The Hall–Kier alpha value is -0.570. The minimum absolute atomic E-state index is 0.0576. The second-order valence-electron chi connectivity index (χ2n) is 4.18. The number of ether oxygens (including phenoxy) is 2. The maximum atomic E-state index is 6.42. The third-order valence-electron chi connectivity index (χ3n) is 2.77. The molecule has 0 heterocycles. The lowest BCUT2D eigenvalue weighted by atomic mass is 9.98. The Morgan fingerprint density at radius 2 is 1.82 bits per heavy atom. The van der Waals surface area contributed by atoms with Crippen LogP contribution in [0.4, 0.5) is 0 Å². The second kappa shape index (κ2) is 8.51. The van der Waals surface area contributed by atoms with Gasteiger partial charge >= 0.3 is 0 Å². The van der Waals surface area contributed by atoms with E-state index < -0.39 is 0 Å². The van der Waals surface area contributed by atoms with Crippen LogP contribution < -0.4 is 0 Å². The van der Waals surface area contributed by atoms with Gasteiger partial charge in [0.2, 0.25) is 0 Å². The van der Waals surface area contributed by atoms with E-state index in [-0.39, 0.29) is 5.38 Å². The molecule has 0 aliphatic rings. The molecule has 1 aromatic carbocycles. The lowest BCUT2D eigenvalue weighted by Crippen LogP contribution is -2.10. The quantitative estimate of drug-likeness (QED) is 0.522. The summed E-state index contributed by atoms with van der Waals surface area (Å²) in [6.45, 7) is 4.20. The molecule has 0 aromatic heterocycles. The molecule has 0 saturated heterocycles. The maximum absolute atomic E-state index is 6.42. The smallest absolute Gasteiger partial charge is 0.0700 e. The highest BCUT2D eigenvalue weighted by atomic mass is 35.5. The molecular weight excluding hydrogens is 236 g/mol. The first-order valence-corrected chi connectivity index (χ1v) is 6.45.